The van der Waals surface area contributed by atoms with Crippen LogP contribution in [0.2, 0.25) is 0 Å². The van der Waals surface area contributed by atoms with Crippen molar-refractivity contribution in [2.45, 2.75) is 19.8 Å². The van der Waals surface area contributed by atoms with Gasteiger partial charge in [-0.15, -0.1) is 0 Å². The van der Waals surface area contributed by atoms with Gasteiger partial charge in [0.1, 0.15) is 5.56 Å². The fourth-order valence-electron chi connectivity index (χ4n) is 1.24. The van der Waals surface area contributed by atoms with Crippen LogP contribution in [0.25, 0.3) is 0 Å². The molecule has 0 aliphatic carbocycles. The van der Waals surface area contributed by atoms with Gasteiger partial charge in [-0.2, -0.15) is 0 Å². The maximum atomic E-state index is 11.3. The van der Waals surface area contributed by atoms with E-state index >= 15 is 0 Å². The van der Waals surface area contributed by atoms with Crippen LogP contribution in [0.4, 0.5) is 0 Å². The molecular weight excluding hydrogens is 196 g/mol. The monoisotopic (exact) mass is 210 g/mol. The topological polar surface area (TPSA) is 66.8 Å². The second-order valence-electron chi connectivity index (χ2n) is 3.58. The van der Waals surface area contributed by atoms with E-state index in [0.717, 1.165) is 5.56 Å². The van der Waals surface area contributed by atoms with Crippen LogP contribution in [0.5, 0.6) is 11.5 Å². The largest absolute Gasteiger partial charge is 0.504 e. The van der Waals surface area contributed by atoms with Crippen molar-refractivity contribution in [1.82, 2.24) is 0 Å². The van der Waals surface area contributed by atoms with Gasteiger partial charge in [0.05, 0.1) is 7.11 Å². The zero-order valence-electron chi connectivity index (χ0n) is 8.94. The van der Waals surface area contributed by atoms with E-state index in [0.29, 0.717) is 0 Å². The van der Waals surface area contributed by atoms with E-state index in [1.165, 1.54) is 19.2 Å². The van der Waals surface area contributed by atoms with Gasteiger partial charge in [0.25, 0.3) is 0 Å². The summed E-state index contributed by atoms with van der Waals surface area (Å²) in [4.78, 5) is 11.3. The normalized spacial score (nSPS) is 10.4. The fraction of sp³-hybridized carbons (Fsp3) is 0.364. The van der Waals surface area contributed by atoms with Crippen LogP contribution in [-0.2, 0) is 4.74 Å². The number of carbonyl (C=O) groups is 1. The standard InChI is InChI=1S/C11H14O4/c1-6(2)7-4-8(11(14)15-3)10(13)9(12)5-7/h4-6,12-13H,1-3H3. The van der Waals surface area contributed by atoms with Crippen LogP contribution < -0.4 is 0 Å². The molecule has 0 unspecified atom stereocenters. The second kappa shape index (κ2) is 4.21. The minimum atomic E-state index is -0.662. The number of aromatic hydroxyl groups is 2. The van der Waals surface area contributed by atoms with Gasteiger partial charge in [-0.3, -0.25) is 0 Å². The van der Waals surface area contributed by atoms with Crippen molar-refractivity contribution >= 4 is 5.97 Å². The zero-order chi connectivity index (χ0) is 11.6. The van der Waals surface area contributed by atoms with Crippen molar-refractivity contribution in [2.24, 2.45) is 0 Å². The van der Waals surface area contributed by atoms with Crippen molar-refractivity contribution in [2.75, 3.05) is 7.11 Å². The average Bonchev–Trinajstić information content (AvgIpc) is 2.20. The first-order valence-corrected chi connectivity index (χ1v) is 4.61. The minimum Gasteiger partial charge on any atom is -0.504 e. The Bertz CT molecular complexity index is 382. The summed E-state index contributed by atoms with van der Waals surface area (Å²) in [6.45, 7) is 3.85. The van der Waals surface area contributed by atoms with Gasteiger partial charge in [0.15, 0.2) is 11.5 Å². The van der Waals surface area contributed by atoms with Crippen LogP contribution in [0.3, 0.4) is 0 Å². The van der Waals surface area contributed by atoms with Crippen LogP contribution in [0.15, 0.2) is 12.1 Å². The summed E-state index contributed by atoms with van der Waals surface area (Å²) in [6, 6.07) is 2.96. The molecule has 0 aliphatic heterocycles. The highest BCUT2D eigenvalue weighted by Gasteiger charge is 2.17. The number of rotatable bonds is 2. The van der Waals surface area contributed by atoms with Crippen molar-refractivity contribution in [3.05, 3.63) is 23.3 Å². The molecule has 1 rings (SSSR count). The number of benzene rings is 1. The van der Waals surface area contributed by atoms with Gasteiger partial charge in [-0.05, 0) is 23.6 Å². The van der Waals surface area contributed by atoms with Crippen LogP contribution in [0, 0.1) is 0 Å². The number of ether oxygens (including phenoxy) is 1. The van der Waals surface area contributed by atoms with E-state index in [2.05, 4.69) is 4.74 Å². The summed E-state index contributed by atoms with van der Waals surface area (Å²) in [5.74, 6) is -1.25. The van der Waals surface area contributed by atoms with Crippen molar-refractivity contribution in [3.63, 3.8) is 0 Å². The lowest BCUT2D eigenvalue weighted by Gasteiger charge is -2.10. The highest BCUT2D eigenvalue weighted by atomic mass is 16.5. The van der Waals surface area contributed by atoms with Crippen LogP contribution >= 0.6 is 0 Å². The third-order valence-corrected chi connectivity index (χ3v) is 2.18. The van der Waals surface area contributed by atoms with Crippen molar-refractivity contribution < 1.29 is 19.7 Å². The van der Waals surface area contributed by atoms with Gasteiger partial charge in [-0.25, -0.2) is 4.79 Å². The second-order valence-corrected chi connectivity index (χ2v) is 3.58. The third kappa shape index (κ3) is 2.21. The number of phenols is 2. The summed E-state index contributed by atoms with van der Waals surface area (Å²) >= 11 is 0. The molecule has 0 saturated carbocycles. The SMILES string of the molecule is COC(=O)c1cc(C(C)C)cc(O)c1O. The van der Waals surface area contributed by atoms with E-state index in [9.17, 15) is 15.0 Å². The predicted octanol–water partition coefficient (Wildman–Crippen LogP) is 2.01. The van der Waals surface area contributed by atoms with E-state index < -0.39 is 11.7 Å². The minimum absolute atomic E-state index is 0.0128. The number of hydrogen-bond acceptors (Lipinski definition) is 4. The molecule has 0 aromatic heterocycles. The lowest BCUT2D eigenvalue weighted by molar-refractivity contribution is 0.0596. The molecule has 0 atom stereocenters. The maximum Gasteiger partial charge on any atom is 0.341 e. The smallest absolute Gasteiger partial charge is 0.341 e. The summed E-state index contributed by atoms with van der Waals surface area (Å²) in [5, 5.41) is 18.9. The first-order valence-electron chi connectivity index (χ1n) is 4.61. The predicted molar refractivity (Wildman–Crippen MR) is 55.2 cm³/mol. The number of carbonyl (C=O) groups excluding carboxylic acids is 1. The quantitative estimate of drug-likeness (QED) is 0.578. The summed E-state index contributed by atoms with van der Waals surface area (Å²) in [5.41, 5.74) is 0.756. The Kier molecular flexibility index (Phi) is 3.19. The Hall–Kier alpha value is -1.71. The maximum absolute atomic E-state index is 11.3. The lowest BCUT2D eigenvalue weighted by atomic mass is 9.99. The first-order chi connectivity index (χ1) is 6.97. The van der Waals surface area contributed by atoms with Gasteiger partial charge in [-0.1, -0.05) is 13.8 Å². The molecule has 1 aromatic carbocycles. The first kappa shape index (κ1) is 11.4. The molecule has 0 radical (unpaired) electrons. The average molecular weight is 210 g/mol. The van der Waals surface area contributed by atoms with Crippen LogP contribution in [0.1, 0.15) is 35.7 Å². The third-order valence-electron chi connectivity index (χ3n) is 2.18. The molecule has 0 aliphatic rings. The van der Waals surface area contributed by atoms with E-state index in [1.54, 1.807) is 0 Å². The molecule has 0 spiro atoms. The molecule has 0 fully saturated rings. The summed E-state index contributed by atoms with van der Waals surface area (Å²) < 4.78 is 4.50. The Labute approximate surface area is 88.1 Å². The molecule has 4 nitrogen and oxygen atoms in total. The molecule has 0 bridgehead atoms. The van der Waals surface area contributed by atoms with Crippen LogP contribution in [-0.4, -0.2) is 23.3 Å². The number of esters is 1. The Morgan fingerprint density at radius 1 is 1.33 bits per heavy atom. The molecule has 0 heterocycles. The highest BCUT2D eigenvalue weighted by Crippen LogP contribution is 2.33. The van der Waals surface area contributed by atoms with Gasteiger partial charge in [0, 0.05) is 0 Å². The van der Waals surface area contributed by atoms with E-state index in [1.807, 2.05) is 13.8 Å². The number of methoxy groups -OCH3 is 1. The fourth-order valence-corrected chi connectivity index (χ4v) is 1.24. The Balaban J connectivity index is 3.31. The number of hydrogen-bond donors (Lipinski definition) is 2. The molecular formula is C11H14O4. The van der Waals surface area contributed by atoms with Crippen molar-refractivity contribution in [3.8, 4) is 11.5 Å². The van der Waals surface area contributed by atoms with Gasteiger partial charge < -0.3 is 14.9 Å². The molecule has 0 amide bonds. The molecule has 1 aromatic rings. The molecule has 2 N–H and O–H groups in total. The van der Waals surface area contributed by atoms with Gasteiger partial charge in [0.2, 0.25) is 0 Å². The van der Waals surface area contributed by atoms with Gasteiger partial charge >= 0.3 is 5.97 Å². The lowest BCUT2D eigenvalue weighted by Crippen LogP contribution is -2.03. The molecule has 0 saturated heterocycles. The Morgan fingerprint density at radius 2 is 1.93 bits per heavy atom. The highest BCUT2D eigenvalue weighted by molar-refractivity contribution is 5.93. The molecule has 15 heavy (non-hydrogen) atoms. The molecule has 4 heteroatoms. The molecule has 82 valence electrons. The summed E-state index contributed by atoms with van der Waals surface area (Å²) in [6.07, 6.45) is 0. The number of phenolic OH excluding ortho intramolecular Hbond substituents is 2. The zero-order valence-corrected chi connectivity index (χ0v) is 8.94. The summed E-state index contributed by atoms with van der Waals surface area (Å²) in [7, 11) is 1.22. The van der Waals surface area contributed by atoms with E-state index in [-0.39, 0.29) is 17.2 Å². The van der Waals surface area contributed by atoms with E-state index in [4.69, 9.17) is 0 Å². The Morgan fingerprint density at radius 3 is 2.40 bits per heavy atom. The van der Waals surface area contributed by atoms with Crippen molar-refractivity contribution in [1.29, 1.82) is 0 Å².